The number of hydrogen-bond donors (Lipinski definition) is 0. The zero-order valence-corrected chi connectivity index (χ0v) is 14.2. The molecule has 0 radical (unpaired) electrons. The highest BCUT2D eigenvalue weighted by Gasteiger charge is 2.35. The summed E-state index contributed by atoms with van der Waals surface area (Å²) in [6, 6.07) is 6.73. The first-order valence-corrected chi connectivity index (χ1v) is 9.49. The lowest BCUT2D eigenvalue weighted by molar-refractivity contribution is 0.308. The van der Waals surface area contributed by atoms with Crippen LogP contribution in [0.1, 0.15) is 75.6 Å². The van der Waals surface area contributed by atoms with Crippen LogP contribution in [0.25, 0.3) is 0 Å². The lowest BCUT2D eigenvalue weighted by atomic mass is 9.77. The van der Waals surface area contributed by atoms with Crippen molar-refractivity contribution in [3.8, 4) is 0 Å². The summed E-state index contributed by atoms with van der Waals surface area (Å²) in [4.78, 5) is 9.61. The molecule has 1 aliphatic heterocycles. The van der Waals surface area contributed by atoms with Crippen LogP contribution < -0.4 is 0 Å². The molecule has 0 unspecified atom stereocenters. The number of ether oxygens (including phenoxy) is 1. The molecule has 0 saturated heterocycles. The van der Waals surface area contributed by atoms with Gasteiger partial charge in [-0.3, -0.25) is 0 Å². The van der Waals surface area contributed by atoms with Gasteiger partial charge in [0.05, 0.1) is 6.04 Å². The van der Waals surface area contributed by atoms with Crippen LogP contribution in [0.4, 0.5) is 0 Å². The third-order valence-electron chi connectivity index (χ3n) is 5.95. The van der Waals surface area contributed by atoms with Crippen molar-refractivity contribution < 1.29 is 4.74 Å². The summed E-state index contributed by atoms with van der Waals surface area (Å²) in [5.41, 5.74) is 2.24. The molecule has 1 aromatic heterocycles. The van der Waals surface area contributed by atoms with Crippen molar-refractivity contribution in [3.05, 3.63) is 29.6 Å². The van der Waals surface area contributed by atoms with Crippen LogP contribution in [-0.2, 0) is 4.74 Å². The van der Waals surface area contributed by atoms with E-state index in [2.05, 4.69) is 30.1 Å². The van der Waals surface area contributed by atoms with Gasteiger partial charge in [0, 0.05) is 11.6 Å². The number of aromatic nitrogens is 1. The maximum absolute atomic E-state index is 5.72. The van der Waals surface area contributed by atoms with E-state index in [1.54, 1.807) is 0 Å². The zero-order chi connectivity index (χ0) is 15.6. The first kappa shape index (κ1) is 15.2. The highest BCUT2D eigenvalue weighted by Crippen LogP contribution is 2.46. The van der Waals surface area contributed by atoms with E-state index in [9.17, 15) is 0 Å². The summed E-state index contributed by atoms with van der Waals surface area (Å²) in [7, 11) is 0. The first-order chi connectivity index (χ1) is 11.3. The molecule has 0 aromatic carbocycles. The number of nitrogens with zero attached hydrogens (tertiary/aromatic N) is 2. The van der Waals surface area contributed by atoms with Gasteiger partial charge in [-0.2, -0.15) is 0 Å². The Morgan fingerprint density at radius 3 is 2.22 bits per heavy atom. The van der Waals surface area contributed by atoms with Crippen molar-refractivity contribution in [2.45, 2.75) is 70.3 Å². The molecule has 2 saturated carbocycles. The Labute approximate surface area is 139 Å². The Hall–Kier alpha value is -1.38. The van der Waals surface area contributed by atoms with Crippen LogP contribution in [0.15, 0.2) is 23.2 Å². The van der Waals surface area contributed by atoms with E-state index in [4.69, 9.17) is 9.72 Å². The Morgan fingerprint density at radius 1 is 1.00 bits per heavy atom. The van der Waals surface area contributed by atoms with Crippen LogP contribution in [0, 0.1) is 11.8 Å². The van der Waals surface area contributed by atoms with Gasteiger partial charge in [0.15, 0.2) is 0 Å². The SMILES string of the molecule is C[C@@H]1COC(c2cccc(C(C3CCCC3)C3CCCC3)n2)=N1. The van der Waals surface area contributed by atoms with Gasteiger partial charge in [-0.25, -0.2) is 9.98 Å². The second-order valence-corrected chi connectivity index (χ2v) is 7.66. The van der Waals surface area contributed by atoms with Crippen molar-refractivity contribution in [1.82, 2.24) is 4.98 Å². The Morgan fingerprint density at radius 2 is 1.65 bits per heavy atom. The average molecular weight is 312 g/mol. The molecule has 1 aromatic rings. The maximum Gasteiger partial charge on any atom is 0.235 e. The van der Waals surface area contributed by atoms with Gasteiger partial charge in [-0.1, -0.05) is 31.7 Å². The van der Waals surface area contributed by atoms with Gasteiger partial charge in [0.25, 0.3) is 0 Å². The van der Waals surface area contributed by atoms with Crippen LogP contribution in [0.2, 0.25) is 0 Å². The summed E-state index contributed by atoms with van der Waals surface area (Å²) < 4.78 is 5.72. The van der Waals surface area contributed by atoms with Gasteiger partial charge < -0.3 is 4.74 Å². The Kier molecular flexibility index (Phi) is 4.37. The number of hydrogen-bond acceptors (Lipinski definition) is 3. The second-order valence-electron chi connectivity index (χ2n) is 7.66. The predicted octanol–water partition coefficient (Wildman–Crippen LogP) is 4.71. The lowest BCUT2D eigenvalue weighted by Gasteiger charge is -2.29. The molecule has 23 heavy (non-hydrogen) atoms. The Balaban J connectivity index is 1.64. The molecule has 0 amide bonds. The summed E-state index contributed by atoms with van der Waals surface area (Å²) in [5, 5.41) is 0. The Bertz CT molecular complexity index is 555. The monoisotopic (exact) mass is 312 g/mol. The van der Waals surface area contributed by atoms with Gasteiger partial charge in [0.1, 0.15) is 12.3 Å². The normalized spacial score (nSPS) is 26.0. The average Bonchev–Trinajstić information content (AvgIpc) is 3.30. The fourth-order valence-electron chi connectivity index (χ4n) is 4.87. The fourth-order valence-corrected chi connectivity index (χ4v) is 4.87. The van der Waals surface area contributed by atoms with Crippen molar-refractivity contribution in [1.29, 1.82) is 0 Å². The van der Waals surface area contributed by atoms with Crippen molar-refractivity contribution in [3.63, 3.8) is 0 Å². The number of pyridine rings is 1. The van der Waals surface area contributed by atoms with Crippen molar-refractivity contribution >= 4 is 5.90 Å². The number of aliphatic imine (C=N–C) groups is 1. The molecule has 4 rings (SSSR count). The zero-order valence-electron chi connectivity index (χ0n) is 14.2. The first-order valence-electron chi connectivity index (χ1n) is 9.49. The molecule has 124 valence electrons. The summed E-state index contributed by atoms with van der Waals surface area (Å²) in [5.74, 6) is 3.08. The lowest BCUT2D eigenvalue weighted by Crippen LogP contribution is -2.20. The summed E-state index contributed by atoms with van der Waals surface area (Å²) in [6.45, 7) is 2.78. The number of rotatable bonds is 4. The molecule has 3 nitrogen and oxygen atoms in total. The molecule has 1 atom stereocenters. The molecule has 3 aliphatic rings. The van der Waals surface area contributed by atoms with Gasteiger partial charge in [0.2, 0.25) is 5.90 Å². The van der Waals surface area contributed by atoms with Gasteiger partial charge in [-0.05, 0) is 56.6 Å². The van der Waals surface area contributed by atoms with E-state index in [-0.39, 0.29) is 6.04 Å². The van der Waals surface area contributed by atoms with Gasteiger partial charge in [-0.15, -0.1) is 0 Å². The van der Waals surface area contributed by atoms with E-state index < -0.39 is 0 Å². The van der Waals surface area contributed by atoms with Crippen LogP contribution >= 0.6 is 0 Å². The van der Waals surface area contributed by atoms with Gasteiger partial charge >= 0.3 is 0 Å². The second kappa shape index (κ2) is 6.62. The minimum Gasteiger partial charge on any atom is -0.474 e. The van der Waals surface area contributed by atoms with Crippen molar-refractivity contribution in [2.24, 2.45) is 16.8 Å². The maximum atomic E-state index is 5.72. The topological polar surface area (TPSA) is 34.5 Å². The molecule has 0 spiro atoms. The highest BCUT2D eigenvalue weighted by molar-refractivity contribution is 5.93. The standard InChI is InChI=1S/C20H28N2O/c1-14-13-23-20(21-14)18-12-6-11-17(22-18)19(15-7-2-3-8-15)16-9-4-5-10-16/h6,11-12,14-16,19H,2-5,7-10,13H2,1H3/t14-/m1/s1. The molecule has 2 aliphatic carbocycles. The van der Waals surface area contributed by atoms with E-state index >= 15 is 0 Å². The molecular formula is C20H28N2O. The minimum absolute atomic E-state index is 0.260. The van der Waals surface area contributed by atoms with E-state index in [1.807, 2.05) is 0 Å². The fraction of sp³-hybridized carbons (Fsp3) is 0.700. The molecule has 2 fully saturated rings. The molecule has 0 bridgehead atoms. The van der Waals surface area contributed by atoms with Crippen LogP contribution in [-0.4, -0.2) is 23.5 Å². The van der Waals surface area contributed by atoms with E-state index in [1.165, 1.54) is 57.1 Å². The van der Waals surface area contributed by atoms with Crippen molar-refractivity contribution in [2.75, 3.05) is 6.61 Å². The molecule has 2 heterocycles. The van der Waals surface area contributed by atoms with E-state index in [0.29, 0.717) is 12.5 Å². The summed E-state index contributed by atoms with van der Waals surface area (Å²) in [6.07, 6.45) is 11.2. The third-order valence-corrected chi connectivity index (χ3v) is 5.95. The molecule has 0 N–H and O–H groups in total. The van der Waals surface area contributed by atoms with Crippen LogP contribution in [0.5, 0.6) is 0 Å². The molecular weight excluding hydrogens is 284 g/mol. The third kappa shape index (κ3) is 3.15. The van der Waals surface area contributed by atoms with Crippen LogP contribution in [0.3, 0.4) is 0 Å². The quantitative estimate of drug-likeness (QED) is 0.807. The predicted molar refractivity (Wildman–Crippen MR) is 92.8 cm³/mol. The molecule has 3 heteroatoms. The highest BCUT2D eigenvalue weighted by atomic mass is 16.5. The summed E-state index contributed by atoms with van der Waals surface area (Å²) >= 11 is 0. The van der Waals surface area contributed by atoms with E-state index in [0.717, 1.165) is 23.4 Å². The minimum atomic E-state index is 0.260. The largest absolute Gasteiger partial charge is 0.474 e. The smallest absolute Gasteiger partial charge is 0.235 e.